The molecule has 1 heterocycles. The lowest BCUT2D eigenvalue weighted by Crippen LogP contribution is -2.07. The molecule has 3 rings (SSSR count). The number of thiazole rings is 1. The number of ether oxygens (including phenoxy) is 1. The van der Waals surface area contributed by atoms with Gasteiger partial charge in [0.1, 0.15) is 5.75 Å². The van der Waals surface area contributed by atoms with Crippen LogP contribution in [0.4, 0.5) is 5.13 Å². The van der Waals surface area contributed by atoms with E-state index in [0.717, 1.165) is 44.8 Å². The minimum absolute atomic E-state index is 0.214. The SMILES string of the molecule is CCCOc1ccccc1/C=C/C(=O)Nc1nc(-c2ccc(Br)cc2)c(CC)s1. The van der Waals surface area contributed by atoms with Gasteiger partial charge in [0, 0.05) is 26.6 Å². The lowest BCUT2D eigenvalue weighted by atomic mass is 10.1. The Balaban J connectivity index is 1.73. The van der Waals surface area contributed by atoms with Gasteiger partial charge in [-0.1, -0.05) is 60.1 Å². The van der Waals surface area contributed by atoms with Crippen molar-refractivity contribution in [2.24, 2.45) is 0 Å². The zero-order valence-electron chi connectivity index (χ0n) is 16.4. The fraction of sp³-hybridized carbons (Fsp3) is 0.217. The average Bonchev–Trinajstić information content (AvgIpc) is 3.14. The van der Waals surface area contributed by atoms with Gasteiger partial charge in [0.25, 0.3) is 0 Å². The molecule has 29 heavy (non-hydrogen) atoms. The third-order valence-corrected chi connectivity index (χ3v) is 5.81. The van der Waals surface area contributed by atoms with Gasteiger partial charge in [0.15, 0.2) is 5.13 Å². The van der Waals surface area contributed by atoms with E-state index in [0.29, 0.717) is 11.7 Å². The van der Waals surface area contributed by atoms with Crippen molar-refractivity contribution >= 4 is 44.4 Å². The zero-order valence-corrected chi connectivity index (χ0v) is 18.8. The number of benzene rings is 2. The van der Waals surface area contributed by atoms with E-state index in [4.69, 9.17) is 4.74 Å². The highest BCUT2D eigenvalue weighted by atomic mass is 79.9. The first-order chi connectivity index (χ1) is 14.1. The molecule has 0 unspecified atom stereocenters. The van der Waals surface area contributed by atoms with Gasteiger partial charge in [-0.2, -0.15) is 0 Å². The molecule has 0 atom stereocenters. The maximum atomic E-state index is 12.4. The molecule has 0 fully saturated rings. The molecule has 0 spiro atoms. The molecule has 0 saturated heterocycles. The Morgan fingerprint density at radius 2 is 1.93 bits per heavy atom. The van der Waals surface area contributed by atoms with Crippen LogP contribution in [-0.4, -0.2) is 17.5 Å². The Hall–Kier alpha value is -2.44. The van der Waals surface area contributed by atoms with Gasteiger partial charge in [-0.25, -0.2) is 4.98 Å². The van der Waals surface area contributed by atoms with E-state index in [2.05, 4.69) is 40.1 Å². The van der Waals surface area contributed by atoms with Crippen LogP contribution in [0.1, 0.15) is 30.7 Å². The molecule has 1 N–H and O–H groups in total. The topological polar surface area (TPSA) is 51.2 Å². The van der Waals surface area contributed by atoms with Crippen LogP contribution in [0.15, 0.2) is 59.1 Å². The molecule has 4 nitrogen and oxygen atoms in total. The van der Waals surface area contributed by atoms with E-state index >= 15 is 0 Å². The van der Waals surface area contributed by atoms with Crippen LogP contribution in [0.25, 0.3) is 17.3 Å². The van der Waals surface area contributed by atoms with Crippen LogP contribution >= 0.6 is 27.3 Å². The lowest BCUT2D eigenvalue weighted by molar-refractivity contribution is -0.111. The van der Waals surface area contributed by atoms with Crippen molar-refractivity contribution in [3.63, 3.8) is 0 Å². The van der Waals surface area contributed by atoms with Crippen molar-refractivity contribution in [3.8, 4) is 17.0 Å². The summed E-state index contributed by atoms with van der Waals surface area (Å²) in [4.78, 5) is 18.2. The average molecular weight is 471 g/mol. The quantitative estimate of drug-likeness (QED) is 0.378. The molecule has 0 aliphatic carbocycles. The number of anilines is 1. The van der Waals surface area contributed by atoms with Crippen molar-refractivity contribution in [1.82, 2.24) is 4.98 Å². The Morgan fingerprint density at radius 3 is 2.66 bits per heavy atom. The number of carbonyl (C=O) groups is 1. The number of halogens is 1. The van der Waals surface area contributed by atoms with Gasteiger partial charge in [0.2, 0.25) is 5.91 Å². The van der Waals surface area contributed by atoms with Gasteiger partial charge in [0.05, 0.1) is 12.3 Å². The second kappa shape index (κ2) is 10.4. The molecule has 1 aromatic heterocycles. The summed E-state index contributed by atoms with van der Waals surface area (Å²) in [5.74, 6) is 0.562. The number of nitrogens with one attached hydrogen (secondary N) is 1. The first-order valence-electron chi connectivity index (χ1n) is 9.57. The van der Waals surface area contributed by atoms with E-state index in [9.17, 15) is 4.79 Å². The zero-order chi connectivity index (χ0) is 20.6. The number of rotatable bonds is 8. The minimum atomic E-state index is -0.214. The highest BCUT2D eigenvalue weighted by Crippen LogP contribution is 2.32. The summed E-state index contributed by atoms with van der Waals surface area (Å²) in [5.41, 5.74) is 2.84. The van der Waals surface area contributed by atoms with Crippen molar-refractivity contribution in [2.45, 2.75) is 26.7 Å². The summed E-state index contributed by atoms with van der Waals surface area (Å²) in [5, 5.41) is 3.48. The van der Waals surface area contributed by atoms with Crippen LogP contribution < -0.4 is 10.1 Å². The lowest BCUT2D eigenvalue weighted by Gasteiger charge is -2.07. The largest absolute Gasteiger partial charge is 0.493 e. The molecule has 3 aromatic rings. The van der Waals surface area contributed by atoms with E-state index in [1.54, 1.807) is 6.08 Å². The highest BCUT2D eigenvalue weighted by molar-refractivity contribution is 9.10. The first kappa shape index (κ1) is 21.3. The smallest absolute Gasteiger partial charge is 0.250 e. The summed E-state index contributed by atoms with van der Waals surface area (Å²) in [6.07, 6.45) is 5.07. The van der Waals surface area contributed by atoms with Gasteiger partial charge < -0.3 is 4.74 Å². The van der Waals surface area contributed by atoms with E-state index in [-0.39, 0.29) is 5.91 Å². The number of nitrogens with zero attached hydrogens (tertiary/aromatic N) is 1. The Labute approximate surface area is 183 Å². The Kier molecular flexibility index (Phi) is 7.61. The molecule has 0 aliphatic heterocycles. The number of carbonyl (C=O) groups excluding carboxylic acids is 1. The highest BCUT2D eigenvalue weighted by Gasteiger charge is 2.13. The summed E-state index contributed by atoms with van der Waals surface area (Å²) in [6.45, 7) is 4.80. The second-order valence-electron chi connectivity index (χ2n) is 6.36. The predicted octanol–water partition coefficient (Wildman–Crippen LogP) is 6.58. The van der Waals surface area contributed by atoms with Gasteiger partial charge in [-0.15, -0.1) is 11.3 Å². The van der Waals surface area contributed by atoms with Crippen LogP contribution in [0.5, 0.6) is 5.75 Å². The Bertz CT molecular complexity index is 996. The molecule has 0 bridgehead atoms. The maximum Gasteiger partial charge on any atom is 0.250 e. The molecule has 0 radical (unpaired) electrons. The number of hydrogen-bond acceptors (Lipinski definition) is 4. The van der Waals surface area contributed by atoms with Crippen LogP contribution in [0, 0.1) is 0 Å². The fourth-order valence-corrected chi connectivity index (χ4v) is 3.94. The summed E-state index contributed by atoms with van der Waals surface area (Å²) < 4.78 is 6.76. The van der Waals surface area contributed by atoms with Crippen LogP contribution in [-0.2, 0) is 11.2 Å². The molecule has 6 heteroatoms. The number of amides is 1. The third kappa shape index (κ3) is 5.78. The third-order valence-electron chi connectivity index (χ3n) is 4.16. The van der Waals surface area contributed by atoms with Crippen molar-refractivity contribution < 1.29 is 9.53 Å². The number of aromatic nitrogens is 1. The van der Waals surface area contributed by atoms with E-state index in [1.807, 2.05) is 48.5 Å². The van der Waals surface area contributed by atoms with Crippen molar-refractivity contribution in [2.75, 3.05) is 11.9 Å². The minimum Gasteiger partial charge on any atom is -0.493 e. The standard InChI is InChI=1S/C23H23BrN2O2S/c1-3-15-28-19-8-6-5-7-16(19)11-14-21(27)25-23-26-22(20(4-2)29-23)17-9-12-18(24)13-10-17/h5-14H,3-4,15H2,1-2H3,(H,25,26,27)/b14-11+. The van der Waals surface area contributed by atoms with E-state index in [1.165, 1.54) is 17.4 Å². The van der Waals surface area contributed by atoms with Crippen LogP contribution in [0.3, 0.4) is 0 Å². The normalized spacial score (nSPS) is 11.0. The molecular weight excluding hydrogens is 448 g/mol. The molecule has 0 saturated carbocycles. The van der Waals surface area contributed by atoms with Crippen LogP contribution in [0.2, 0.25) is 0 Å². The molecule has 150 valence electrons. The van der Waals surface area contributed by atoms with Gasteiger partial charge in [-0.05, 0) is 37.1 Å². The number of para-hydroxylation sites is 1. The molecule has 1 amide bonds. The summed E-state index contributed by atoms with van der Waals surface area (Å²) in [6, 6.07) is 15.7. The van der Waals surface area contributed by atoms with Crippen molar-refractivity contribution in [1.29, 1.82) is 0 Å². The van der Waals surface area contributed by atoms with Gasteiger partial charge in [-0.3, -0.25) is 10.1 Å². The molecular formula is C23H23BrN2O2S. The monoisotopic (exact) mass is 470 g/mol. The molecule has 0 aliphatic rings. The molecule has 2 aromatic carbocycles. The summed E-state index contributed by atoms with van der Waals surface area (Å²) in [7, 11) is 0. The van der Waals surface area contributed by atoms with E-state index < -0.39 is 0 Å². The number of hydrogen-bond donors (Lipinski definition) is 1. The summed E-state index contributed by atoms with van der Waals surface area (Å²) >= 11 is 4.96. The maximum absolute atomic E-state index is 12.4. The van der Waals surface area contributed by atoms with Gasteiger partial charge >= 0.3 is 0 Å². The predicted molar refractivity (Wildman–Crippen MR) is 125 cm³/mol. The second-order valence-corrected chi connectivity index (χ2v) is 8.36. The first-order valence-corrected chi connectivity index (χ1v) is 11.2. The fourth-order valence-electron chi connectivity index (χ4n) is 2.75. The number of aryl methyl sites for hydroxylation is 1. The Morgan fingerprint density at radius 1 is 1.17 bits per heavy atom. The van der Waals surface area contributed by atoms with Crippen molar-refractivity contribution in [3.05, 3.63) is 69.5 Å².